The van der Waals surface area contributed by atoms with E-state index in [1.807, 2.05) is 18.2 Å². The Morgan fingerprint density at radius 3 is 2.28 bits per heavy atom. The Kier molecular flexibility index (Phi) is 4.58. The fraction of sp³-hybridized carbons (Fsp3) is 0.600. The molecule has 0 aromatic heterocycles. The van der Waals surface area contributed by atoms with Gasteiger partial charge in [-0.25, -0.2) is 0 Å². The molecule has 18 heavy (non-hydrogen) atoms. The maximum absolute atomic E-state index is 10.5. The molecule has 0 heterocycles. The van der Waals surface area contributed by atoms with E-state index < -0.39 is 0 Å². The maximum Gasteiger partial charge on any atom is 0.0635 e. The second kappa shape index (κ2) is 5.81. The van der Waals surface area contributed by atoms with Crippen molar-refractivity contribution in [1.82, 2.24) is 0 Å². The Hall–Kier alpha value is -0.240. The second-order valence-corrected chi connectivity index (χ2v) is 6.45. The molecule has 1 fully saturated rings. The molecule has 2 rings (SSSR count). The van der Waals surface area contributed by atoms with Gasteiger partial charge in [-0.15, -0.1) is 0 Å². The third-order valence-electron chi connectivity index (χ3n) is 4.26. The van der Waals surface area contributed by atoms with Crippen LogP contribution < -0.4 is 0 Å². The van der Waals surface area contributed by atoms with Crippen molar-refractivity contribution in [1.29, 1.82) is 0 Å². The van der Waals surface area contributed by atoms with Crippen LogP contribution >= 0.6 is 23.2 Å². The molecule has 0 aliphatic heterocycles. The molecule has 0 bridgehead atoms. The van der Waals surface area contributed by atoms with Gasteiger partial charge in [-0.1, -0.05) is 55.5 Å². The lowest BCUT2D eigenvalue weighted by Crippen LogP contribution is -2.36. The Balaban J connectivity index is 2.13. The van der Waals surface area contributed by atoms with Crippen LogP contribution in [0.3, 0.4) is 0 Å². The summed E-state index contributed by atoms with van der Waals surface area (Å²) >= 11 is 12.3. The summed E-state index contributed by atoms with van der Waals surface area (Å²) in [7, 11) is 0. The lowest BCUT2D eigenvalue weighted by atomic mass is 9.70. The Bertz CT molecular complexity index is 391. The molecule has 1 nitrogen and oxygen atoms in total. The highest BCUT2D eigenvalue weighted by molar-refractivity contribution is 6.35. The first-order valence-corrected chi connectivity index (χ1v) is 7.39. The molecule has 3 heteroatoms. The van der Waals surface area contributed by atoms with Crippen molar-refractivity contribution < 1.29 is 5.11 Å². The summed E-state index contributed by atoms with van der Waals surface area (Å²) in [5.41, 5.74) is 0.890. The zero-order chi connectivity index (χ0) is 13.2. The predicted octanol–water partition coefficient (Wildman–Crippen LogP) is 4.87. The molecule has 1 aliphatic rings. The zero-order valence-corrected chi connectivity index (χ0v) is 12.3. The third kappa shape index (κ3) is 3.01. The zero-order valence-electron chi connectivity index (χ0n) is 10.8. The van der Waals surface area contributed by atoms with Crippen molar-refractivity contribution >= 4 is 23.2 Å². The van der Waals surface area contributed by atoms with Gasteiger partial charge in [0.05, 0.1) is 6.10 Å². The summed E-state index contributed by atoms with van der Waals surface area (Å²) in [6.07, 6.45) is 6.08. The molecule has 1 aliphatic carbocycles. The van der Waals surface area contributed by atoms with Gasteiger partial charge in [-0.2, -0.15) is 0 Å². The van der Waals surface area contributed by atoms with Crippen molar-refractivity contribution in [2.75, 3.05) is 0 Å². The van der Waals surface area contributed by atoms with Gasteiger partial charge in [0, 0.05) is 16.5 Å². The van der Waals surface area contributed by atoms with E-state index >= 15 is 0 Å². The summed E-state index contributed by atoms with van der Waals surface area (Å²) in [4.78, 5) is 0. The van der Waals surface area contributed by atoms with Crippen LogP contribution in [0, 0.1) is 5.41 Å². The average molecular weight is 287 g/mol. The number of halogens is 2. The second-order valence-electron chi connectivity index (χ2n) is 5.63. The molecule has 1 atom stereocenters. The van der Waals surface area contributed by atoms with Gasteiger partial charge in [0.2, 0.25) is 0 Å². The first-order chi connectivity index (χ1) is 8.53. The van der Waals surface area contributed by atoms with E-state index in [9.17, 15) is 5.11 Å². The van der Waals surface area contributed by atoms with E-state index in [2.05, 4.69) is 6.92 Å². The van der Waals surface area contributed by atoms with Crippen molar-refractivity contribution in [2.45, 2.75) is 51.6 Å². The van der Waals surface area contributed by atoms with E-state index in [1.165, 1.54) is 19.3 Å². The van der Waals surface area contributed by atoms with Crippen LogP contribution in [-0.4, -0.2) is 11.2 Å². The standard InChI is InChI=1S/C15H20Cl2O/c1-15(8-3-2-4-9-15)14(18)10-11-12(16)6-5-7-13(11)17/h5-7,14,18H,2-4,8-10H2,1H3. The maximum atomic E-state index is 10.5. The number of rotatable bonds is 3. The predicted molar refractivity (Wildman–Crippen MR) is 77.4 cm³/mol. The number of hydrogen-bond donors (Lipinski definition) is 1. The van der Waals surface area contributed by atoms with E-state index in [0.717, 1.165) is 18.4 Å². The Morgan fingerprint density at radius 1 is 1.17 bits per heavy atom. The fourth-order valence-corrected chi connectivity index (χ4v) is 3.41. The summed E-state index contributed by atoms with van der Waals surface area (Å²) in [5, 5.41) is 11.8. The van der Waals surface area contributed by atoms with Gasteiger partial charge < -0.3 is 5.11 Å². The Morgan fingerprint density at radius 2 is 1.72 bits per heavy atom. The molecule has 0 radical (unpaired) electrons. The highest BCUT2D eigenvalue weighted by Gasteiger charge is 2.34. The van der Waals surface area contributed by atoms with Crippen LogP contribution in [-0.2, 0) is 6.42 Å². The summed E-state index contributed by atoms with van der Waals surface area (Å²) in [6, 6.07) is 5.50. The van der Waals surface area contributed by atoms with Crippen molar-refractivity contribution in [2.24, 2.45) is 5.41 Å². The lowest BCUT2D eigenvalue weighted by molar-refractivity contribution is 0.0104. The molecule has 0 amide bonds. The van der Waals surface area contributed by atoms with Gasteiger partial charge in [0.25, 0.3) is 0 Å². The monoisotopic (exact) mass is 286 g/mol. The van der Waals surface area contributed by atoms with Crippen LogP contribution in [0.1, 0.15) is 44.6 Å². The number of hydrogen-bond acceptors (Lipinski definition) is 1. The summed E-state index contributed by atoms with van der Waals surface area (Å²) in [6.45, 7) is 2.18. The molecular formula is C15H20Cl2O. The van der Waals surface area contributed by atoms with Crippen LogP contribution in [0.5, 0.6) is 0 Å². The van der Waals surface area contributed by atoms with Crippen molar-refractivity contribution in [3.8, 4) is 0 Å². The van der Waals surface area contributed by atoms with E-state index in [1.54, 1.807) is 0 Å². The average Bonchev–Trinajstić information content (AvgIpc) is 2.34. The van der Waals surface area contributed by atoms with E-state index in [4.69, 9.17) is 23.2 Å². The topological polar surface area (TPSA) is 20.2 Å². The van der Waals surface area contributed by atoms with Gasteiger partial charge in [0.15, 0.2) is 0 Å². The minimum Gasteiger partial charge on any atom is -0.392 e. The lowest BCUT2D eigenvalue weighted by Gasteiger charge is -2.38. The molecule has 0 saturated heterocycles. The molecule has 1 N–H and O–H groups in total. The highest BCUT2D eigenvalue weighted by Crippen LogP contribution is 2.41. The number of benzene rings is 1. The SMILES string of the molecule is CC1(C(O)Cc2c(Cl)cccc2Cl)CCCCC1. The molecule has 1 saturated carbocycles. The number of aliphatic hydroxyl groups is 1. The number of aliphatic hydroxyl groups excluding tert-OH is 1. The van der Waals surface area contributed by atoms with Crippen LogP contribution in [0.15, 0.2) is 18.2 Å². The molecule has 1 aromatic rings. The molecule has 0 spiro atoms. The van der Waals surface area contributed by atoms with Crippen molar-refractivity contribution in [3.63, 3.8) is 0 Å². The highest BCUT2D eigenvalue weighted by atomic mass is 35.5. The largest absolute Gasteiger partial charge is 0.392 e. The molecule has 1 unspecified atom stereocenters. The van der Waals surface area contributed by atoms with Crippen molar-refractivity contribution in [3.05, 3.63) is 33.8 Å². The van der Waals surface area contributed by atoms with E-state index in [0.29, 0.717) is 16.5 Å². The van der Waals surface area contributed by atoms with Gasteiger partial charge in [0.1, 0.15) is 0 Å². The third-order valence-corrected chi connectivity index (χ3v) is 4.97. The van der Waals surface area contributed by atoms with Gasteiger partial charge >= 0.3 is 0 Å². The van der Waals surface area contributed by atoms with Gasteiger partial charge in [-0.05, 0) is 36.0 Å². The van der Waals surface area contributed by atoms with Crippen LogP contribution in [0.2, 0.25) is 10.0 Å². The quantitative estimate of drug-likeness (QED) is 0.841. The molecule has 100 valence electrons. The smallest absolute Gasteiger partial charge is 0.0635 e. The fourth-order valence-electron chi connectivity index (χ4n) is 2.86. The van der Waals surface area contributed by atoms with Crippen LogP contribution in [0.4, 0.5) is 0 Å². The Labute approximate surface area is 119 Å². The van der Waals surface area contributed by atoms with Crippen LogP contribution in [0.25, 0.3) is 0 Å². The normalized spacial score (nSPS) is 20.7. The molecule has 1 aromatic carbocycles. The molecular weight excluding hydrogens is 267 g/mol. The minimum absolute atomic E-state index is 0.0146. The first-order valence-electron chi connectivity index (χ1n) is 6.64. The van der Waals surface area contributed by atoms with E-state index in [-0.39, 0.29) is 11.5 Å². The minimum atomic E-state index is -0.366. The van der Waals surface area contributed by atoms with Gasteiger partial charge in [-0.3, -0.25) is 0 Å². The summed E-state index contributed by atoms with van der Waals surface area (Å²) in [5.74, 6) is 0. The summed E-state index contributed by atoms with van der Waals surface area (Å²) < 4.78 is 0. The first kappa shape index (κ1) is 14.2.